The lowest BCUT2D eigenvalue weighted by molar-refractivity contribution is -0.412. The molecule has 1 aliphatic carbocycles. The van der Waals surface area contributed by atoms with E-state index in [-0.39, 0.29) is 31.0 Å². The molecule has 0 fully saturated rings. The Balaban J connectivity index is 0.00000288. The van der Waals surface area contributed by atoms with Crippen molar-refractivity contribution in [3.63, 3.8) is 0 Å². The Kier molecular flexibility index (Phi) is 5.89. The third kappa shape index (κ3) is 3.81. The summed E-state index contributed by atoms with van der Waals surface area (Å²) in [6.07, 6.45) is -4.92. The van der Waals surface area contributed by atoms with Gasteiger partial charge in [0.15, 0.2) is 6.04 Å². The summed E-state index contributed by atoms with van der Waals surface area (Å²) in [5.41, 5.74) is 3.44. The van der Waals surface area contributed by atoms with E-state index >= 15 is 0 Å². The summed E-state index contributed by atoms with van der Waals surface area (Å²) in [6.45, 7) is 3.54. The number of carbonyl (C=O) groups is 2. The quantitative estimate of drug-likeness (QED) is 0.664. The predicted octanol–water partition coefficient (Wildman–Crippen LogP) is -1.39. The summed E-state index contributed by atoms with van der Waals surface area (Å²) >= 11 is 0. The van der Waals surface area contributed by atoms with Gasteiger partial charge >= 0.3 is 12.3 Å². The van der Waals surface area contributed by atoms with E-state index < -0.39 is 35.3 Å². The van der Waals surface area contributed by atoms with Gasteiger partial charge in [0, 0.05) is 5.56 Å². The summed E-state index contributed by atoms with van der Waals surface area (Å²) in [7, 11) is 0. The summed E-state index contributed by atoms with van der Waals surface area (Å²) < 4.78 is 45.6. The van der Waals surface area contributed by atoms with E-state index in [9.17, 15) is 22.8 Å². The van der Waals surface area contributed by atoms with E-state index in [1.165, 1.54) is 6.07 Å². The zero-order chi connectivity index (χ0) is 17.4. The molecule has 0 saturated heterocycles. The molecule has 0 heterocycles. The zero-order valence-corrected chi connectivity index (χ0v) is 13.8. The highest BCUT2D eigenvalue weighted by molar-refractivity contribution is 6.06. The van der Waals surface area contributed by atoms with Gasteiger partial charge in [-0.1, -0.05) is 6.07 Å². The van der Waals surface area contributed by atoms with Crippen LogP contribution in [0.4, 0.5) is 13.2 Å². The van der Waals surface area contributed by atoms with Crippen molar-refractivity contribution >= 4 is 11.8 Å². The van der Waals surface area contributed by atoms with Gasteiger partial charge in [0.2, 0.25) is 5.78 Å². The Morgan fingerprint density at radius 3 is 2.54 bits per heavy atom. The molecule has 2 unspecified atom stereocenters. The molecule has 0 aromatic heterocycles. The SMILES string of the molecule is CCOC(=O)CC1(C)c2ccc(OC(F)(F)F)cc2C(=O)C1[NH3+].[Cl-]. The number of ether oxygens (including phenoxy) is 2. The van der Waals surface area contributed by atoms with Crippen LogP contribution in [0.1, 0.15) is 36.2 Å². The molecule has 0 bridgehead atoms. The number of rotatable bonds is 4. The summed E-state index contributed by atoms with van der Waals surface area (Å²) in [5.74, 6) is -1.38. The minimum Gasteiger partial charge on any atom is -1.00 e. The fourth-order valence-corrected chi connectivity index (χ4v) is 2.82. The lowest BCUT2D eigenvalue weighted by Gasteiger charge is -2.25. The van der Waals surface area contributed by atoms with Crippen LogP contribution in [0.5, 0.6) is 5.75 Å². The molecule has 134 valence electrons. The first-order chi connectivity index (χ1) is 10.6. The van der Waals surface area contributed by atoms with Crippen molar-refractivity contribution in [3.05, 3.63) is 29.3 Å². The molecular weight excluding hydrogens is 351 g/mol. The van der Waals surface area contributed by atoms with Crippen molar-refractivity contribution in [1.82, 2.24) is 0 Å². The number of alkyl halides is 3. The maximum absolute atomic E-state index is 12.3. The Hall–Kier alpha value is -1.80. The number of benzene rings is 1. The van der Waals surface area contributed by atoms with Crippen LogP contribution in [-0.2, 0) is 14.9 Å². The van der Waals surface area contributed by atoms with Crippen LogP contribution in [-0.4, -0.2) is 30.8 Å². The van der Waals surface area contributed by atoms with Crippen LogP contribution < -0.4 is 22.9 Å². The van der Waals surface area contributed by atoms with Crippen LogP contribution in [0.25, 0.3) is 0 Å². The van der Waals surface area contributed by atoms with Gasteiger partial charge < -0.3 is 27.6 Å². The Labute approximate surface area is 142 Å². The average Bonchev–Trinajstić information content (AvgIpc) is 2.59. The molecule has 0 amide bonds. The van der Waals surface area contributed by atoms with Gasteiger partial charge in [-0.25, -0.2) is 0 Å². The number of hydrogen-bond acceptors (Lipinski definition) is 4. The molecule has 0 saturated carbocycles. The number of esters is 1. The van der Waals surface area contributed by atoms with Crippen molar-refractivity contribution in [1.29, 1.82) is 0 Å². The molecule has 24 heavy (non-hydrogen) atoms. The fraction of sp³-hybridized carbons (Fsp3) is 0.467. The fourth-order valence-electron chi connectivity index (χ4n) is 2.82. The third-order valence-electron chi connectivity index (χ3n) is 4.01. The molecule has 1 aromatic rings. The highest BCUT2D eigenvalue weighted by atomic mass is 35.5. The Bertz CT molecular complexity index is 650. The van der Waals surface area contributed by atoms with E-state index in [2.05, 4.69) is 10.5 Å². The summed E-state index contributed by atoms with van der Waals surface area (Å²) in [6, 6.07) is 2.75. The molecule has 0 spiro atoms. The molecule has 9 heteroatoms. The molecule has 0 aliphatic heterocycles. The molecular formula is C15H17ClF3NO4. The van der Waals surface area contributed by atoms with Crippen molar-refractivity contribution in [2.24, 2.45) is 0 Å². The minimum absolute atomic E-state index is 0. The highest BCUT2D eigenvalue weighted by Crippen LogP contribution is 2.42. The van der Waals surface area contributed by atoms with Gasteiger partial charge in [-0.05, 0) is 31.5 Å². The maximum Gasteiger partial charge on any atom is 0.573 e. The van der Waals surface area contributed by atoms with Crippen LogP contribution >= 0.6 is 0 Å². The lowest BCUT2D eigenvalue weighted by atomic mass is 9.78. The van der Waals surface area contributed by atoms with E-state index in [1.807, 2.05) is 0 Å². The standard InChI is InChI=1S/C15H16F3NO4.ClH/c1-3-22-11(20)7-14(2)10-5-4-8(23-15(16,17)18)6-9(10)12(21)13(14)19;/h4-6,13H,3,7,19H2,1-2H3;1H. The van der Waals surface area contributed by atoms with Gasteiger partial charge in [-0.15, -0.1) is 13.2 Å². The lowest BCUT2D eigenvalue weighted by Crippen LogP contribution is -3.00. The number of hydrogen-bond donors (Lipinski definition) is 1. The van der Waals surface area contributed by atoms with E-state index in [1.54, 1.807) is 13.8 Å². The number of halogens is 4. The first-order valence-corrected chi connectivity index (χ1v) is 7.01. The number of quaternary nitrogens is 1. The molecule has 1 aromatic carbocycles. The van der Waals surface area contributed by atoms with Gasteiger partial charge in [0.25, 0.3) is 0 Å². The number of carbonyl (C=O) groups excluding carboxylic acids is 2. The van der Waals surface area contributed by atoms with Crippen LogP contribution in [0.3, 0.4) is 0 Å². The van der Waals surface area contributed by atoms with E-state index in [0.29, 0.717) is 5.56 Å². The predicted molar refractivity (Wildman–Crippen MR) is 72.7 cm³/mol. The van der Waals surface area contributed by atoms with E-state index in [4.69, 9.17) is 4.74 Å². The first-order valence-electron chi connectivity index (χ1n) is 7.01. The normalized spacial score (nSPS) is 22.6. The summed E-state index contributed by atoms with van der Waals surface area (Å²) in [5, 5.41) is 0. The molecule has 2 atom stereocenters. The topological polar surface area (TPSA) is 80.2 Å². The molecule has 0 radical (unpaired) electrons. The molecule has 1 aliphatic rings. The van der Waals surface area contributed by atoms with Gasteiger partial charge in [0.05, 0.1) is 18.4 Å². The smallest absolute Gasteiger partial charge is 0.573 e. The van der Waals surface area contributed by atoms with Gasteiger partial charge in [0.1, 0.15) is 5.75 Å². The second kappa shape index (κ2) is 6.98. The van der Waals surface area contributed by atoms with Crippen molar-refractivity contribution in [2.75, 3.05) is 6.61 Å². The number of ketones is 1. The monoisotopic (exact) mass is 367 g/mol. The van der Waals surface area contributed by atoms with Gasteiger partial charge in [-0.3, -0.25) is 9.59 Å². The van der Waals surface area contributed by atoms with Crippen molar-refractivity contribution in [3.8, 4) is 5.75 Å². The minimum atomic E-state index is -4.84. The summed E-state index contributed by atoms with van der Waals surface area (Å²) in [4.78, 5) is 24.1. The zero-order valence-electron chi connectivity index (χ0n) is 13.1. The second-order valence-electron chi connectivity index (χ2n) is 5.57. The average molecular weight is 368 g/mol. The Morgan fingerprint density at radius 1 is 1.38 bits per heavy atom. The first kappa shape index (κ1) is 20.2. The van der Waals surface area contributed by atoms with Crippen molar-refractivity contribution in [2.45, 2.75) is 38.1 Å². The number of Topliss-reactive ketones (excluding diaryl/α,β-unsaturated/α-hetero) is 1. The van der Waals surface area contributed by atoms with Gasteiger partial charge in [-0.2, -0.15) is 0 Å². The van der Waals surface area contributed by atoms with Crippen LogP contribution in [0.15, 0.2) is 18.2 Å². The molecule has 5 nitrogen and oxygen atoms in total. The molecule has 2 rings (SSSR count). The maximum atomic E-state index is 12.3. The highest BCUT2D eigenvalue weighted by Gasteiger charge is 2.51. The Morgan fingerprint density at radius 2 is 2.00 bits per heavy atom. The molecule has 3 N–H and O–H groups in total. The third-order valence-corrected chi connectivity index (χ3v) is 4.01. The largest absolute Gasteiger partial charge is 1.00 e. The van der Waals surface area contributed by atoms with Crippen LogP contribution in [0, 0.1) is 0 Å². The van der Waals surface area contributed by atoms with Crippen LogP contribution in [0.2, 0.25) is 0 Å². The van der Waals surface area contributed by atoms with E-state index in [0.717, 1.165) is 12.1 Å². The number of fused-ring (bicyclic) bond motifs is 1. The van der Waals surface area contributed by atoms with Crippen molar-refractivity contribution < 1.29 is 50.4 Å². The second-order valence-corrected chi connectivity index (χ2v) is 5.57.